The molecule has 0 unspecified atom stereocenters. The van der Waals surface area contributed by atoms with Crippen molar-refractivity contribution in [3.63, 3.8) is 0 Å². The molecule has 0 saturated carbocycles. The Labute approximate surface area is 183 Å². The van der Waals surface area contributed by atoms with Gasteiger partial charge in [0.25, 0.3) is 0 Å². The molecule has 0 bridgehead atoms. The predicted octanol–water partition coefficient (Wildman–Crippen LogP) is 1.21. The van der Waals surface area contributed by atoms with Crippen LogP contribution in [0.3, 0.4) is 0 Å². The van der Waals surface area contributed by atoms with E-state index in [1.807, 2.05) is 0 Å². The predicted molar refractivity (Wildman–Crippen MR) is 106 cm³/mol. The highest BCUT2D eigenvalue weighted by Crippen LogP contribution is 2.31. The lowest BCUT2D eigenvalue weighted by Crippen LogP contribution is -2.50. The Morgan fingerprint density at radius 3 is 2.31 bits per heavy atom. The lowest BCUT2D eigenvalue weighted by atomic mass is 10.2. The van der Waals surface area contributed by atoms with E-state index in [-0.39, 0.29) is 63.9 Å². The molecule has 2 fully saturated rings. The molecule has 9 nitrogen and oxygen atoms in total. The maximum Gasteiger partial charge on any atom is 0.416 e. The Morgan fingerprint density at radius 1 is 1.09 bits per heavy atom. The van der Waals surface area contributed by atoms with Gasteiger partial charge < -0.3 is 9.80 Å². The number of alkyl halides is 3. The van der Waals surface area contributed by atoms with Crippen LogP contribution in [0, 0.1) is 0 Å². The first-order valence-electron chi connectivity index (χ1n) is 9.92. The highest BCUT2D eigenvalue weighted by molar-refractivity contribution is 7.89. The maximum atomic E-state index is 12.9. The van der Waals surface area contributed by atoms with Gasteiger partial charge in [-0.15, -0.1) is 0 Å². The first kappa shape index (κ1) is 24.0. The lowest BCUT2D eigenvalue weighted by Gasteiger charge is -2.34. The summed E-state index contributed by atoms with van der Waals surface area (Å²) < 4.78 is 65.2. The van der Waals surface area contributed by atoms with E-state index in [1.165, 1.54) is 16.8 Å². The van der Waals surface area contributed by atoms with Gasteiger partial charge in [0.05, 0.1) is 10.5 Å². The van der Waals surface area contributed by atoms with Crippen molar-refractivity contribution in [2.24, 2.45) is 0 Å². The van der Waals surface area contributed by atoms with Gasteiger partial charge in [-0.05, 0) is 24.6 Å². The summed E-state index contributed by atoms with van der Waals surface area (Å²) in [6.45, 7) is 0.242. The van der Waals surface area contributed by atoms with Crippen LogP contribution in [0.25, 0.3) is 0 Å². The Balaban J connectivity index is 1.53. The number of urea groups is 1. The number of nitrogens with zero attached hydrogens (tertiary/aromatic N) is 4. The number of rotatable bonds is 6. The number of piperazine rings is 1. The molecule has 0 N–H and O–H groups in total. The molecule has 176 valence electrons. The second kappa shape index (κ2) is 9.06. The molecule has 3 rings (SSSR count). The number of carbonyl (C=O) groups is 3. The zero-order valence-corrected chi connectivity index (χ0v) is 18.2. The van der Waals surface area contributed by atoms with E-state index in [4.69, 9.17) is 0 Å². The van der Waals surface area contributed by atoms with E-state index in [2.05, 4.69) is 0 Å². The van der Waals surface area contributed by atoms with Crippen LogP contribution in [0.2, 0.25) is 0 Å². The van der Waals surface area contributed by atoms with Crippen molar-refractivity contribution in [2.75, 3.05) is 46.3 Å². The Hall–Kier alpha value is -2.67. The summed E-state index contributed by atoms with van der Waals surface area (Å²) in [4.78, 5) is 39.4. The fraction of sp³-hybridized carbons (Fsp3) is 0.526. The minimum absolute atomic E-state index is 0.00902. The molecule has 2 heterocycles. The molecule has 0 atom stereocenters. The maximum absolute atomic E-state index is 12.9. The van der Waals surface area contributed by atoms with Gasteiger partial charge in [-0.2, -0.15) is 17.5 Å². The van der Waals surface area contributed by atoms with Gasteiger partial charge in [-0.25, -0.2) is 13.2 Å². The summed E-state index contributed by atoms with van der Waals surface area (Å²) in [6, 6.07) is 3.15. The third-order valence-corrected chi connectivity index (χ3v) is 7.29. The van der Waals surface area contributed by atoms with Gasteiger partial charge in [-0.3, -0.25) is 14.5 Å². The van der Waals surface area contributed by atoms with Crippen molar-refractivity contribution < 1.29 is 36.0 Å². The van der Waals surface area contributed by atoms with Crippen molar-refractivity contribution in [2.45, 2.75) is 23.9 Å². The molecule has 0 radical (unpaired) electrons. The van der Waals surface area contributed by atoms with Crippen LogP contribution in [-0.4, -0.2) is 91.6 Å². The summed E-state index contributed by atoms with van der Waals surface area (Å²) >= 11 is 0. The van der Waals surface area contributed by atoms with Crippen LogP contribution in [0.15, 0.2) is 29.2 Å². The number of hydrogen-bond donors (Lipinski definition) is 0. The van der Waals surface area contributed by atoms with E-state index >= 15 is 0 Å². The number of hydrogen-bond acceptors (Lipinski definition) is 5. The van der Waals surface area contributed by atoms with E-state index in [1.54, 1.807) is 0 Å². The molecular formula is C19H23F3N4O5S. The highest BCUT2D eigenvalue weighted by Gasteiger charge is 2.35. The van der Waals surface area contributed by atoms with Gasteiger partial charge in [0.2, 0.25) is 21.8 Å². The normalized spacial score (nSPS) is 18.6. The Bertz CT molecular complexity index is 1010. The third kappa shape index (κ3) is 5.04. The van der Waals surface area contributed by atoms with Crippen molar-refractivity contribution in [1.29, 1.82) is 0 Å². The number of amides is 4. The molecule has 32 heavy (non-hydrogen) atoms. The number of sulfonamides is 1. The van der Waals surface area contributed by atoms with E-state index < -0.39 is 32.7 Å². The molecule has 2 saturated heterocycles. The van der Waals surface area contributed by atoms with Crippen LogP contribution >= 0.6 is 0 Å². The Kier molecular flexibility index (Phi) is 6.79. The largest absolute Gasteiger partial charge is 0.416 e. The third-order valence-electron chi connectivity index (χ3n) is 5.39. The summed E-state index contributed by atoms with van der Waals surface area (Å²) in [5, 5.41) is 0. The smallest absolute Gasteiger partial charge is 0.340 e. The summed E-state index contributed by atoms with van der Waals surface area (Å²) in [6.07, 6.45) is -4.29. The van der Waals surface area contributed by atoms with Gasteiger partial charge in [-0.1, -0.05) is 6.07 Å². The number of halogens is 3. The zero-order chi connectivity index (χ0) is 23.7. The number of carbonyl (C=O) groups excluding carboxylic acids is 3. The van der Waals surface area contributed by atoms with E-state index in [0.29, 0.717) is 6.07 Å². The fourth-order valence-corrected chi connectivity index (χ4v) is 5.06. The van der Waals surface area contributed by atoms with E-state index in [9.17, 15) is 36.0 Å². The van der Waals surface area contributed by atoms with Gasteiger partial charge in [0, 0.05) is 46.2 Å². The average molecular weight is 476 g/mol. The van der Waals surface area contributed by atoms with Crippen LogP contribution in [-0.2, 0) is 25.8 Å². The molecule has 0 aliphatic carbocycles. The average Bonchev–Trinajstić information content (AvgIpc) is 2.99. The van der Waals surface area contributed by atoms with Crippen molar-refractivity contribution in [1.82, 2.24) is 19.0 Å². The topological polar surface area (TPSA) is 98.3 Å². The number of benzene rings is 1. The van der Waals surface area contributed by atoms with Crippen LogP contribution in [0.1, 0.15) is 18.4 Å². The monoisotopic (exact) mass is 476 g/mol. The summed E-state index contributed by atoms with van der Waals surface area (Å²) in [5.41, 5.74) is -1.05. The first-order valence-corrected chi connectivity index (χ1v) is 11.4. The minimum Gasteiger partial charge on any atom is -0.340 e. The molecule has 13 heteroatoms. The Morgan fingerprint density at radius 2 is 1.75 bits per heavy atom. The molecule has 0 spiro atoms. The summed E-state index contributed by atoms with van der Waals surface area (Å²) in [5.74, 6) is -0.563. The van der Waals surface area contributed by atoms with Crippen LogP contribution < -0.4 is 0 Å². The fourth-order valence-electron chi connectivity index (χ4n) is 3.60. The second-order valence-electron chi connectivity index (χ2n) is 7.60. The number of imide groups is 1. The quantitative estimate of drug-likeness (QED) is 0.575. The van der Waals surface area contributed by atoms with Crippen molar-refractivity contribution in [3.05, 3.63) is 29.8 Å². The molecule has 4 amide bonds. The van der Waals surface area contributed by atoms with Gasteiger partial charge in [0.1, 0.15) is 6.54 Å². The molecule has 2 aliphatic heterocycles. The first-order chi connectivity index (χ1) is 14.9. The molecule has 1 aromatic carbocycles. The highest BCUT2D eigenvalue weighted by atomic mass is 32.2. The van der Waals surface area contributed by atoms with E-state index in [0.717, 1.165) is 27.4 Å². The second-order valence-corrected chi connectivity index (χ2v) is 9.54. The molecule has 0 aromatic heterocycles. The van der Waals surface area contributed by atoms with Crippen molar-refractivity contribution in [3.8, 4) is 0 Å². The van der Waals surface area contributed by atoms with Gasteiger partial charge >= 0.3 is 12.2 Å². The zero-order valence-electron chi connectivity index (χ0n) is 17.3. The standard InChI is InChI=1S/C19H23F3N4O5S/c1-23-13-17(28)26(18(23)29)7-3-6-16(27)24-8-10-25(11-9-24)32(30,31)15-5-2-4-14(12-15)19(20,21)22/h2,4-5,12H,3,6-11,13H2,1H3. The molecule has 2 aliphatic rings. The van der Waals surface area contributed by atoms with Crippen LogP contribution in [0.5, 0.6) is 0 Å². The van der Waals surface area contributed by atoms with Crippen molar-refractivity contribution >= 4 is 27.9 Å². The molecule has 1 aromatic rings. The van der Waals surface area contributed by atoms with Gasteiger partial charge in [0.15, 0.2) is 0 Å². The molecular weight excluding hydrogens is 453 g/mol. The van der Waals surface area contributed by atoms with Crippen LogP contribution in [0.4, 0.5) is 18.0 Å². The minimum atomic E-state index is -4.66. The number of likely N-dealkylation sites (N-methyl/N-ethyl adjacent to an activating group) is 1. The SMILES string of the molecule is CN1CC(=O)N(CCCC(=O)N2CCN(S(=O)(=O)c3cccc(C(F)(F)F)c3)CC2)C1=O. The lowest BCUT2D eigenvalue weighted by molar-refractivity contribution is -0.137. The summed E-state index contributed by atoms with van der Waals surface area (Å²) in [7, 11) is -2.62.